The third-order valence-corrected chi connectivity index (χ3v) is 3.47. The topological polar surface area (TPSA) is 72.1 Å². The molecule has 1 saturated heterocycles. The number of hydrogen-bond acceptors (Lipinski definition) is 4. The van der Waals surface area contributed by atoms with Crippen LogP contribution in [0.3, 0.4) is 0 Å². The zero-order chi connectivity index (χ0) is 14.9. The highest BCUT2D eigenvalue weighted by Crippen LogP contribution is 2.30. The predicted octanol–water partition coefficient (Wildman–Crippen LogP) is 1.59. The first-order valence-electron chi connectivity index (χ1n) is 6.25. The summed E-state index contributed by atoms with van der Waals surface area (Å²) in [4.78, 5) is 20.3. The Hall–Kier alpha value is -1.86. The van der Waals surface area contributed by atoms with Crippen molar-refractivity contribution in [2.45, 2.75) is 32.0 Å². The van der Waals surface area contributed by atoms with Gasteiger partial charge in [-0.2, -0.15) is 13.2 Å². The van der Waals surface area contributed by atoms with E-state index in [2.05, 4.69) is 9.97 Å². The van der Waals surface area contributed by atoms with Gasteiger partial charge in [-0.3, -0.25) is 4.79 Å². The molecule has 1 aromatic heterocycles. The highest BCUT2D eigenvalue weighted by molar-refractivity contribution is 5.77. The fraction of sp³-hybridized carbons (Fsp3) is 0.583. The maximum atomic E-state index is 12.7. The van der Waals surface area contributed by atoms with Crippen LogP contribution in [0.15, 0.2) is 12.3 Å². The Morgan fingerprint density at radius 2 is 2.15 bits per heavy atom. The van der Waals surface area contributed by atoms with Gasteiger partial charge >= 0.3 is 6.18 Å². The van der Waals surface area contributed by atoms with Crippen molar-refractivity contribution < 1.29 is 18.0 Å². The Morgan fingerprint density at radius 3 is 2.75 bits per heavy atom. The van der Waals surface area contributed by atoms with Crippen LogP contribution in [0.25, 0.3) is 0 Å². The molecular weight excluding hydrogens is 273 g/mol. The van der Waals surface area contributed by atoms with Crippen molar-refractivity contribution in [3.8, 4) is 0 Å². The Kier molecular flexibility index (Phi) is 3.82. The number of rotatable bonds is 2. The SMILES string of the molecule is C[C@H]1CC[C@@H](C(N)=O)CN1c1nccc(C(F)(F)F)n1. The van der Waals surface area contributed by atoms with Crippen molar-refractivity contribution in [3.05, 3.63) is 18.0 Å². The summed E-state index contributed by atoms with van der Waals surface area (Å²) in [6, 6.07) is 0.790. The lowest BCUT2D eigenvalue weighted by Gasteiger charge is -2.36. The van der Waals surface area contributed by atoms with Crippen LogP contribution in [0.5, 0.6) is 0 Å². The number of nitrogens with two attached hydrogens (primary N) is 1. The number of hydrogen-bond donors (Lipinski definition) is 1. The van der Waals surface area contributed by atoms with Crippen molar-refractivity contribution in [2.75, 3.05) is 11.4 Å². The van der Waals surface area contributed by atoms with Crippen molar-refractivity contribution in [2.24, 2.45) is 11.7 Å². The van der Waals surface area contributed by atoms with E-state index in [0.717, 1.165) is 12.3 Å². The zero-order valence-corrected chi connectivity index (χ0v) is 10.9. The first-order chi connectivity index (χ1) is 9.29. The molecule has 1 aliphatic rings. The Balaban J connectivity index is 2.27. The standard InChI is InChI=1S/C12H15F3N4O/c1-7-2-3-8(10(16)20)6-19(7)11-17-5-4-9(18-11)12(13,14)15/h4-5,7-8H,2-3,6H2,1H3,(H2,16,20)/t7-,8+/m0/s1. The van der Waals surface area contributed by atoms with Crippen LogP contribution < -0.4 is 10.6 Å². The van der Waals surface area contributed by atoms with Gasteiger partial charge in [0.25, 0.3) is 0 Å². The van der Waals surface area contributed by atoms with E-state index < -0.39 is 17.8 Å². The van der Waals surface area contributed by atoms with Crippen LogP contribution in [0.4, 0.5) is 19.1 Å². The summed E-state index contributed by atoms with van der Waals surface area (Å²) in [5.74, 6) is -0.850. The summed E-state index contributed by atoms with van der Waals surface area (Å²) >= 11 is 0. The Bertz CT molecular complexity index is 506. The summed E-state index contributed by atoms with van der Waals surface area (Å²) in [6.07, 6.45) is -2.15. The molecule has 0 spiro atoms. The molecule has 1 aromatic rings. The first kappa shape index (κ1) is 14.5. The van der Waals surface area contributed by atoms with Crippen LogP contribution in [0.2, 0.25) is 0 Å². The predicted molar refractivity (Wildman–Crippen MR) is 65.8 cm³/mol. The number of halogens is 3. The number of aromatic nitrogens is 2. The average molecular weight is 288 g/mol. The molecule has 2 rings (SSSR count). The summed E-state index contributed by atoms with van der Waals surface area (Å²) in [5, 5.41) is 0. The summed E-state index contributed by atoms with van der Waals surface area (Å²) in [7, 11) is 0. The third-order valence-electron chi connectivity index (χ3n) is 3.47. The highest BCUT2D eigenvalue weighted by Gasteiger charge is 2.35. The van der Waals surface area contributed by atoms with Gasteiger partial charge in [0.1, 0.15) is 5.69 Å². The molecule has 0 unspecified atom stereocenters. The molecule has 110 valence electrons. The number of carbonyl (C=O) groups excluding carboxylic acids is 1. The van der Waals surface area contributed by atoms with Gasteiger partial charge in [0, 0.05) is 18.8 Å². The fourth-order valence-electron chi connectivity index (χ4n) is 2.26. The second kappa shape index (κ2) is 5.26. The fourth-order valence-corrected chi connectivity index (χ4v) is 2.26. The van der Waals surface area contributed by atoms with E-state index in [9.17, 15) is 18.0 Å². The molecule has 0 bridgehead atoms. The molecule has 0 saturated carbocycles. The van der Waals surface area contributed by atoms with E-state index in [1.165, 1.54) is 0 Å². The molecule has 2 atom stereocenters. The van der Waals surface area contributed by atoms with Crippen molar-refractivity contribution in [1.29, 1.82) is 0 Å². The van der Waals surface area contributed by atoms with Crippen LogP contribution in [-0.4, -0.2) is 28.5 Å². The van der Waals surface area contributed by atoms with Gasteiger partial charge in [-0.25, -0.2) is 9.97 Å². The normalized spacial score (nSPS) is 23.7. The van der Waals surface area contributed by atoms with Gasteiger partial charge in [0.05, 0.1) is 5.92 Å². The molecule has 2 heterocycles. The molecular formula is C12H15F3N4O. The Morgan fingerprint density at radius 1 is 1.45 bits per heavy atom. The number of amides is 1. The number of carbonyl (C=O) groups is 1. The average Bonchev–Trinajstić information content (AvgIpc) is 2.38. The maximum absolute atomic E-state index is 12.7. The number of piperidine rings is 1. The van der Waals surface area contributed by atoms with Crippen LogP contribution in [-0.2, 0) is 11.0 Å². The lowest BCUT2D eigenvalue weighted by Crippen LogP contribution is -2.46. The van der Waals surface area contributed by atoms with Crippen LogP contribution >= 0.6 is 0 Å². The van der Waals surface area contributed by atoms with Gasteiger partial charge in [-0.15, -0.1) is 0 Å². The highest BCUT2D eigenvalue weighted by atomic mass is 19.4. The van der Waals surface area contributed by atoms with E-state index in [1.54, 1.807) is 4.90 Å². The van der Waals surface area contributed by atoms with Crippen LogP contribution in [0.1, 0.15) is 25.5 Å². The van der Waals surface area contributed by atoms with E-state index >= 15 is 0 Å². The lowest BCUT2D eigenvalue weighted by atomic mass is 9.93. The van der Waals surface area contributed by atoms with E-state index in [4.69, 9.17) is 5.73 Å². The molecule has 1 fully saturated rings. The third kappa shape index (κ3) is 3.00. The molecule has 8 heteroatoms. The largest absolute Gasteiger partial charge is 0.433 e. The smallest absolute Gasteiger partial charge is 0.369 e. The lowest BCUT2D eigenvalue weighted by molar-refractivity contribution is -0.141. The van der Waals surface area contributed by atoms with E-state index in [1.807, 2.05) is 6.92 Å². The Labute approximate surface area is 114 Å². The molecule has 20 heavy (non-hydrogen) atoms. The molecule has 0 radical (unpaired) electrons. The number of anilines is 1. The number of primary amides is 1. The molecule has 1 amide bonds. The van der Waals surface area contributed by atoms with Crippen LogP contribution in [0, 0.1) is 5.92 Å². The number of alkyl halides is 3. The van der Waals surface area contributed by atoms with Gasteiger partial charge in [-0.1, -0.05) is 0 Å². The van der Waals surface area contributed by atoms with Crippen molar-refractivity contribution in [1.82, 2.24) is 9.97 Å². The van der Waals surface area contributed by atoms with Gasteiger partial charge in [0.15, 0.2) is 0 Å². The summed E-state index contributed by atoms with van der Waals surface area (Å²) < 4.78 is 38.0. The molecule has 1 aliphatic heterocycles. The van der Waals surface area contributed by atoms with Crippen molar-refractivity contribution >= 4 is 11.9 Å². The summed E-state index contributed by atoms with van der Waals surface area (Å²) in [5.41, 5.74) is 4.28. The van der Waals surface area contributed by atoms with Gasteiger partial charge in [-0.05, 0) is 25.8 Å². The molecule has 2 N–H and O–H groups in total. The van der Waals surface area contributed by atoms with E-state index in [0.29, 0.717) is 12.8 Å². The zero-order valence-electron chi connectivity index (χ0n) is 10.9. The second-order valence-corrected chi connectivity index (χ2v) is 4.92. The molecule has 5 nitrogen and oxygen atoms in total. The first-order valence-corrected chi connectivity index (χ1v) is 6.25. The second-order valence-electron chi connectivity index (χ2n) is 4.92. The van der Waals surface area contributed by atoms with Gasteiger partial charge in [0.2, 0.25) is 11.9 Å². The van der Waals surface area contributed by atoms with Crippen molar-refractivity contribution in [3.63, 3.8) is 0 Å². The quantitative estimate of drug-likeness (QED) is 0.897. The minimum atomic E-state index is -4.51. The maximum Gasteiger partial charge on any atom is 0.433 e. The minimum absolute atomic E-state index is 0.0155. The van der Waals surface area contributed by atoms with E-state index in [-0.39, 0.29) is 24.5 Å². The molecule has 0 aliphatic carbocycles. The molecule has 0 aromatic carbocycles. The van der Waals surface area contributed by atoms with Gasteiger partial charge < -0.3 is 10.6 Å². The minimum Gasteiger partial charge on any atom is -0.369 e. The summed E-state index contributed by atoms with van der Waals surface area (Å²) in [6.45, 7) is 2.11. The monoisotopic (exact) mass is 288 g/mol. The number of nitrogens with zero attached hydrogens (tertiary/aromatic N) is 3.